The number of Topliss-reactive ketones (excluding diaryl/α,β-unsaturated/α-hetero) is 1. The quantitative estimate of drug-likeness (QED) is 0.722. The number of aliphatic hydroxyl groups is 1. The van der Waals surface area contributed by atoms with Crippen LogP contribution in [0.15, 0.2) is 42.0 Å². The molecule has 0 aliphatic carbocycles. The average Bonchev–Trinajstić information content (AvgIpc) is 3.08. The van der Waals surface area contributed by atoms with Crippen LogP contribution in [-0.4, -0.2) is 33.8 Å². The van der Waals surface area contributed by atoms with Crippen molar-refractivity contribution in [1.29, 1.82) is 0 Å². The zero-order valence-corrected chi connectivity index (χ0v) is 13.3. The molecule has 10 heteroatoms. The molecule has 1 aliphatic heterocycles. The molecule has 0 radical (unpaired) electrons. The molecule has 3 heterocycles. The highest BCUT2D eigenvalue weighted by molar-refractivity contribution is 7.12. The van der Waals surface area contributed by atoms with Crippen LogP contribution in [0.25, 0.3) is 0 Å². The summed E-state index contributed by atoms with van der Waals surface area (Å²) >= 11 is 0.953. The largest absolute Gasteiger partial charge is 0.437 e. The second-order valence-electron chi connectivity index (χ2n) is 5.44. The van der Waals surface area contributed by atoms with Crippen molar-refractivity contribution in [1.82, 2.24) is 15.6 Å². The van der Waals surface area contributed by atoms with E-state index in [0.29, 0.717) is 0 Å². The summed E-state index contributed by atoms with van der Waals surface area (Å²) in [4.78, 5) is 28.3. The third kappa shape index (κ3) is 2.98. The van der Waals surface area contributed by atoms with Gasteiger partial charge in [-0.25, -0.2) is 4.79 Å². The number of amides is 2. The van der Waals surface area contributed by atoms with Gasteiger partial charge < -0.3 is 15.7 Å². The lowest BCUT2D eigenvalue weighted by Gasteiger charge is -2.44. The Morgan fingerprint density at radius 3 is 2.52 bits per heavy atom. The number of hydrogen-bond donors (Lipinski definition) is 3. The van der Waals surface area contributed by atoms with Gasteiger partial charge in [-0.3, -0.25) is 9.78 Å². The van der Waals surface area contributed by atoms with Crippen molar-refractivity contribution in [2.75, 3.05) is 0 Å². The van der Waals surface area contributed by atoms with Crippen molar-refractivity contribution in [3.63, 3.8) is 0 Å². The monoisotopic (exact) mass is 371 g/mol. The molecule has 0 saturated carbocycles. The van der Waals surface area contributed by atoms with Crippen molar-refractivity contribution >= 4 is 23.2 Å². The first-order chi connectivity index (χ1) is 11.7. The third-order valence-electron chi connectivity index (χ3n) is 3.92. The molecule has 2 amide bonds. The molecule has 1 saturated heterocycles. The lowest BCUT2D eigenvalue weighted by atomic mass is 9.79. The normalized spacial score (nSPS) is 26.6. The predicted molar refractivity (Wildman–Crippen MR) is 81.8 cm³/mol. The first-order valence-electron chi connectivity index (χ1n) is 7.09. The molecule has 6 nitrogen and oxygen atoms in total. The van der Waals surface area contributed by atoms with Crippen LogP contribution in [0.4, 0.5) is 18.0 Å². The minimum absolute atomic E-state index is 0.0460. The van der Waals surface area contributed by atoms with E-state index in [2.05, 4.69) is 10.3 Å². The van der Waals surface area contributed by atoms with Gasteiger partial charge in [0.15, 0.2) is 5.78 Å². The molecule has 1 fully saturated rings. The van der Waals surface area contributed by atoms with Crippen molar-refractivity contribution in [3.8, 4) is 0 Å². The topological polar surface area (TPSA) is 91.3 Å². The molecule has 0 unspecified atom stereocenters. The lowest BCUT2D eigenvalue weighted by Crippen LogP contribution is -2.72. The minimum atomic E-state index is -5.26. The van der Waals surface area contributed by atoms with Crippen LogP contribution in [0.2, 0.25) is 0 Å². The van der Waals surface area contributed by atoms with Crippen LogP contribution < -0.4 is 10.6 Å². The van der Waals surface area contributed by atoms with Crippen molar-refractivity contribution in [2.45, 2.75) is 17.9 Å². The number of nitrogens with zero attached hydrogens (tertiary/aromatic N) is 1. The van der Waals surface area contributed by atoms with E-state index in [4.69, 9.17) is 0 Å². The summed E-state index contributed by atoms with van der Waals surface area (Å²) in [6.07, 6.45) is -2.61. The standard InChI is InChI=1S/C15H12F3N3O3S/c16-15(17,18)14(24)10(12(22)9-2-1-7-25-9)11(20-13(23)21-14)8-3-5-19-6-4-8/h1-7,10-11,24H,(H2,20,21,23)/t10-,11-,14+/m0/s1. The molecule has 3 rings (SSSR count). The first-order valence-corrected chi connectivity index (χ1v) is 7.97. The molecule has 2 aromatic heterocycles. The molecule has 3 atom stereocenters. The summed E-state index contributed by atoms with van der Waals surface area (Å²) in [5.74, 6) is -2.93. The minimum Gasteiger partial charge on any atom is -0.363 e. The van der Waals surface area contributed by atoms with Gasteiger partial charge >= 0.3 is 12.2 Å². The number of carbonyl (C=O) groups excluding carboxylic acids is 2. The summed E-state index contributed by atoms with van der Waals surface area (Å²) in [5, 5.41) is 15.6. The number of hydrogen-bond acceptors (Lipinski definition) is 5. The number of rotatable bonds is 3. The molecule has 2 aromatic rings. The molecule has 1 aliphatic rings. The molecular weight excluding hydrogens is 359 g/mol. The van der Waals surface area contributed by atoms with Gasteiger partial charge in [-0.05, 0) is 29.1 Å². The second-order valence-corrected chi connectivity index (χ2v) is 6.39. The highest BCUT2D eigenvalue weighted by Gasteiger charge is 2.66. The number of alkyl halides is 3. The number of urea groups is 1. The van der Waals surface area contributed by atoms with E-state index in [1.165, 1.54) is 47.4 Å². The number of carbonyl (C=O) groups is 2. The average molecular weight is 371 g/mol. The number of aromatic nitrogens is 1. The SMILES string of the molecule is O=C1N[C@@H](c2ccncc2)[C@@H](C(=O)c2cccs2)[C@@](O)(C(F)(F)F)N1. The van der Waals surface area contributed by atoms with Gasteiger partial charge in [0.25, 0.3) is 0 Å². The van der Waals surface area contributed by atoms with Crippen LogP contribution >= 0.6 is 11.3 Å². The van der Waals surface area contributed by atoms with E-state index >= 15 is 0 Å². The van der Waals surface area contributed by atoms with Gasteiger partial charge in [0.2, 0.25) is 5.72 Å². The lowest BCUT2D eigenvalue weighted by molar-refractivity contribution is -0.287. The van der Waals surface area contributed by atoms with Crippen LogP contribution in [0.3, 0.4) is 0 Å². The van der Waals surface area contributed by atoms with Gasteiger partial charge in [0, 0.05) is 12.4 Å². The van der Waals surface area contributed by atoms with E-state index in [1.54, 1.807) is 0 Å². The summed E-state index contributed by atoms with van der Waals surface area (Å²) in [5.41, 5.74) is -3.48. The summed E-state index contributed by atoms with van der Waals surface area (Å²) in [6, 6.07) is 3.03. The zero-order valence-electron chi connectivity index (χ0n) is 12.4. The fraction of sp³-hybridized carbons (Fsp3) is 0.267. The van der Waals surface area contributed by atoms with Gasteiger partial charge in [-0.1, -0.05) is 6.07 Å². The third-order valence-corrected chi connectivity index (χ3v) is 4.80. The number of ketones is 1. The Morgan fingerprint density at radius 2 is 1.96 bits per heavy atom. The zero-order chi connectivity index (χ0) is 18.2. The molecular formula is C15H12F3N3O3S. The Kier molecular flexibility index (Phi) is 4.25. The number of nitrogens with one attached hydrogen (secondary N) is 2. The Morgan fingerprint density at radius 1 is 1.28 bits per heavy atom. The number of halogens is 3. The van der Waals surface area contributed by atoms with Crippen LogP contribution in [0.1, 0.15) is 21.3 Å². The summed E-state index contributed by atoms with van der Waals surface area (Å²) < 4.78 is 40.8. The Hall–Kier alpha value is -2.46. The van der Waals surface area contributed by atoms with Crippen LogP contribution in [0, 0.1) is 5.92 Å². The molecule has 0 spiro atoms. The predicted octanol–water partition coefficient (Wildman–Crippen LogP) is 2.25. The molecule has 0 aromatic carbocycles. The molecule has 0 bridgehead atoms. The van der Waals surface area contributed by atoms with Crippen molar-refractivity contribution in [3.05, 3.63) is 52.5 Å². The Balaban J connectivity index is 2.15. The first kappa shape index (κ1) is 17.4. The van der Waals surface area contributed by atoms with Crippen molar-refractivity contribution in [2.24, 2.45) is 5.92 Å². The highest BCUT2D eigenvalue weighted by atomic mass is 32.1. The van der Waals surface area contributed by atoms with Gasteiger partial charge in [-0.2, -0.15) is 13.2 Å². The van der Waals surface area contributed by atoms with E-state index < -0.39 is 35.7 Å². The van der Waals surface area contributed by atoms with Gasteiger partial charge in [0.1, 0.15) is 5.92 Å². The summed E-state index contributed by atoms with van der Waals surface area (Å²) in [6.45, 7) is 0. The van der Waals surface area contributed by atoms with Crippen LogP contribution in [-0.2, 0) is 0 Å². The second kappa shape index (κ2) is 6.12. The number of thiophene rings is 1. The molecule has 25 heavy (non-hydrogen) atoms. The van der Waals surface area contributed by atoms with E-state index in [1.807, 2.05) is 0 Å². The maximum Gasteiger partial charge on any atom is 0.437 e. The van der Waals surface area contributed by atoms with Crippen molar-refractivity contribution < 1.29 is 27.9 Å². The number of pyridine rings is 1. The van der Waals surface area contributed by atoms with E-state index in [-0.39, 0.29) is 10.4 Å². The fourth-order valence-electron chi connectivity index (χ4n) is 2.76. The summed E-state index contributed by atoms with van der Waals surface area (Å²) in [7, 11) is 0. The van der Waals surface area contributed by atoms with E-state index in [9.17, 15) is 27.9 Å². The smallest absolute Gasteiger partial charge is 0.363 e. The van der Waals surface area contributed by atoms with E-state index in [0.717, 1.165) is 11.3 Å². The van der Waals surface area contributed by atoms with Crippen LogP contribution in [0.5, 0.6) is 0 Å². The molecule has 132 valence electrons. The molecule has 3 N–H and O–H groups in total. The highest BCUT2D eigenvalue weighted by Crippen LogP contribution is 2.44. The van der Waals surface area contributed by atoms with Gasteiger partial charge in [0.05, 0.1) is 10.9 Å². The van der Waals surface area contributed by atoms with Gasteiger partial charge in [-0.15, -0.1) is 11.3 Å². The Bertz CT molecular complexity index is 782. The Labute approximate surface area is 143 Å². The maximum absolute atomic E-state index is 13.6. The fourth-order valence-corrected chi connectivity index (χ4v) is 3.46. The maximum atomic E-state index is 13.6.